The van der Waals surface area contributed by atoms with Gasteiger partial charge in [0.15, 0.2) is 0 Å². The highest BCUT2D eigenvalue weighted by molar-refractivity contribution is 5.05. The summed E-state index contributed by atoms with van der Waals surface area (Å²) in [6.45, 7) is 4.53. The van der Waals surface area contributed by atoms with Gasteiger partial charge in [-0.05, 0) is 67.8 Å². The van der Waals surface area contributed by atoms with E-state index in [-0.39, 0.29) is 0 Å². The molecule has 0 amide bonds. The van der Waals surface area contributed by atoms with Crippen LogP contribution in [0.25, 0.3) is 0 Å². The van der Waals surface area contributed by atoms with Crippen LogP contribution in [-0.4, -0.2) is 9.97 Å². The van der Waals surface area contributed by atoms with E-state index in [0.29, 0.717) is 0 Å². The van der Waals surface area contributed by atoms with Crippen LogP contribution in [0.2, 0.25) is 0 Å². The molecule has 0 radical (unpaired) electrons. The normalized spacial score (nSPS) is 28.4. The molecular formula is C26H44N2. The highest BCUT2D eigenvalue weighted by atomic mass is 14.9. The third-order valence-electron chi connectivity index (χ3n) is 7.74. The molecule has 2 heteroatoms. The van der Waals surface area contributed by atoms with Crippen molar-refractivity contribution in [3.63, 3.8) is 0 Å². The van der Waals surface area contributed by atoms with Crippen molar-refractivity contribution in [2.45, 2.75) is 117 Å². The van der Waals surface area contributed by atoms with Crippen LogP contribution in [-0.2, 0) is 12.8 Å². The zero-order chi connectivity index (χ0) is 19.6. The second-order valence-corrected chi connectivity index (χ2v) is 9.85. The van der Waals surface area contributed by atoms with Gasteiger partial charge in [0.05, 0.1) is 0 Å². The molecule has 0 atom stereocenters. The molecule has 0 aliphatic heterocycles. The molecule has 0 aromatic carbocycles. The monoisotopic (exact) mass is 384 g/mol. The van der Waals surface area contributed by atoms with E-state index in [1.54, 1.807) is 0 Å². The van der Waals surface area contributed by atoms with E-state index in [9.17, 15) is 0 Å². The molecule has 2 aliphatic rings. The van der Waals surface area contributed by atoms with Crippen molar-refractivity contribution in [2.75, 3.05) is 0 Å². The molecule has 0 bridgehead atoms. The Kier molecular flexibility index (Phi) is 9.28. The van der Waals surface area contributed by atoms with Crippen LogP contribution in [0, 0.1) is 23.7 Å². The maximum absolute atomic E-state index is 4.59. The van der Waals surface area contributed by atoms with E-state index >= 15 is 0 Å². The Balaban J connectivity index is 1.31. The zero-order valence-electron chi connectivity index (χ0n) is 18.7. The highest BCUT2D eigenvalue weighted by Gasteiger charge is 2.30. The van der Waals surface area contributed by atoms with E-state index in [0.717, 1.165) is 42.3 Å². The van der Waals surface area contributed by atoms with Gasteiger partial charge in [0.2, 0.25) is 0 Å². The fourth-order valence-corrected chi connectivity index (χ4v) is 5.84. The number of nitrogens with zero attached hydrogens (tertiary/aromatic N) is 2. The van der Waals surface area contributed by atoms with Gasteiger partial charge in [0, 0.05) is 18.8 Å². The summed E-state index contributed by atoms with van der Waals surface area (Å²) in [6, 6.07) is 0. The van der Waals surface area contributed by atoms with Gasteiger partial charge in [0.1, 0.15) is 5.82 Å². The molecule has 2 nitrogen and oxygen atoms in total. The first-order valence-corrected chi connectivity index (χ1v) is 12.6. The van der Waals surface area contributed by atoms with E-state index in [1.165, 1.54) is 95.5 Å². The molecule has 0 saturated heterocycles. The van der Waals surface area contributed by atoms with E-state index in [4.69, 9.17) is 0 Å². The lowest BCUT2D eigenvalue weighted by molar-refractivity contribution is 0.140. The predicted molar refractivity (Wildman–Crippen MR) is 119 cm³/mol. The fourth-order valence-electron chi connectivity index (χ4n) is 5.84. The maximum Gasteiger partial charge on any atom is 0.128 e. The van der Waals surface area contributed by atoms with Crippen molar-refractivity contribution in [1.82, 2.24) is 9.97 Å². The number of aryl methyl sites for hydroxylation is 2. The summed E-state index contributed by atoms with van der Waals surface area (Å²) in [5.41, 5.74) is 1.28. The molecule has 1 aromatic rings. The smallest absolute Gasteiger partial charge is 0.128 e. The first-order chi connectivity index (χ1) is 13.8. The Morgan fingerprint density at radius 2 is 1.25 bits per heavy atom. The van der Waals surface area contributed by atoms with Crippen LogP contribution in [0.1, 0.15) is 115 Å². The average molecular weight is 385 g/mol. The van der Waals surface area contributed by atoms with E-state index in [1.807, 2.05) is 12.4 Å². The van der Waals surface area contributed by atoms with Crippen LogP contribution in [0.5, 0.6) is 0 Å². The molecule has 2 saturated carbocycles. The Labute approximate surface area is 174 Å². The lowest BCUT2D eigenvalue weighted by Gasteiger charge is -2.38. The minimum atomic E-state index is 0.917. The van der Waals surface area contributed by atoms with Crippen LogP contribution in [0.15, 0.2) is 12.4 Å². The molecule has 0 spiro atoms. The van der Waals surface area contributed by atoms with Crippen molar-refractivity contribution >= 4 is 0 Å². The summed E-state index contributed by atoms with van der Waals surface area (Å²) in [4.78, 5) is 9.19. The Hall–Kier alpha value is -0.920. The minimum absolute atomic E-state index is 0.917. The molecule has 2 fully saturated rings. The number of rotatable bonds is 10. The molecule has 1 heterocycles. The zero-order valence-corrected chi connectivity index (χ0v) is 18.7. The summed E-state index contributed by atoms with van der Waals surface area (Å²) in [7, 11) is 0. The Bertz CT molecular complexity index is 522. The summed E-state index contributed by atoms with van der Waals surface area (Å²) in [5, 5.41) is 0. The summed E-state index contributed by atoms with van der Waals surface area (Å²) < 4.78 is 0. The third kappa shape index (κ3) is 6.85. The highest BCUT2D eigenvalue weighted by Crippen LogP contribution is 2.43. The SMILES string of the molecule is CCCCC[C@H]1CC[C@H]([C@H]2CC[C@H](CCc3ncc(CCC)cn3)CC2)CC1. The second kappa shape index (κ2) is 11.9. The summed E-state index contributed by atoms with van der Waals surface area (Å²) in [6.07, 6.45) is 26.5. The van der Waals surface area contributed by atoms with Gasteiger partial charge >= 0.3 is 0 Å². The van der Waals surface area contributed by atoms with Crippen LogP contribution in [0.4, 0.5) is 0 Å². The number of aromatic nitrogens is 2. The van der Waals surface area contributed by atoms with Crippen molar-refractivity contribution < 1.29 is 0 Å². The minimum Gasteiger partial charge on any atom is -0.241 e. The molecule has 0 unspecified atom stereocenters. The van der Waals surface area contributed by atoms with Gasteiger partial charge in [0.25, 0.3) is 0 Å². The number of hydrogen-bond donors (Lipinski definition) is 0. The molecule has 158 valence electrons. The van der Waals surface area contributed by atoms with Gasteiger partial charge in [-0.2, -0.15) is 0 Å². The first-order valence-electron chi connectivity index (χ1n) is 12.6. The fraction of sp³-hybridized carbons (Fsp3) is 0.846. The largest absolute Gasteiger partial charge is 0.241 e. The molecule has 28 heavy (non-hydrogen) atoms. The first kappa shape index (κ1) is 21.8. The van der Waals surface area contributed by atoms with Gasteiger partial charge in [-0.1, -0.05) is 71.6 Å². The second-order valence-electron chi connectivity index (χ2n) is 9.85. The van der Waals surface area contributed by atoms with Crippen molar-refractivity contribution in [2.24, 2.45) is 23.7 Å². The van der Waals surface area contributed by atoms with Crippen molar-refractivity contribution in [1.29, 1.82) is 0 Å². The number of hydrogen-bond acceptors (Lipinski definition) is 2. The van der Waals surface area contributed by atoms with Gasteiger partial charge < -0.3 is 0 Å². The molecule has 3 rings (SSSR count). The van der Waals surface area contributed by atoms with Gasteiger partial charge in [-0.25, -0.2) is 9.97 Å². The Morgan fingerprint density at radius 1 is 0.679 bits per heavy atom. The standard InChI is InChI=1S/C26H44N2/c1-3-5-6-8-21-9-14-24(15-10-21)25-16-11-22(12-17-25)13-18-26-27-19-23(7-4-2)20-28-26/h19-22,24-25H,3-18H2,1-2H3/t21-,22-,24-,25-. The lowest BCUT2D eigenvalue weighted by atomic mass is 9.68. The number of unbranched alkanes of at least 4 members (excludes halogenated alkanes) is 2. The third-order valence-corrected chi connectivity index (χ3v) is 7.74. The van der Waals surface area contributed by atoms with Crippen LogP contribution in [0.3, 0.4) is 0 Å². The van der Waals surface area contributed by atoms with Gasteiger partial charge in [-0.15, -0.1) is 0 Å². The van der Waals surface area contributed by atoms with Gasteiger partial charge in [-0.3, -0.25) is 0 Å². The van der Waals surface area contributed by atoms with Crippen molar-refractivity contribution in [3.05, 3.63) is 23.8 Å². The maximum atomic E-state index is 4.59. The van der Waals surface area contributed by atoms with Crippen LogP contribution >= 0.6 is 0 Å². The van der Waals surface area contributed by atoms with Crippen molar-refractivity contribution in [3.8, 4) is 0 Å². The summed E-state index contributed by atoms with van der Waals surface area (Å²) in [5.74, 6) is 5.13. The quantitative estimate of drug-likeness (QED) is 0.389. The Morgan fingerprint density at radius 3 is 1.79 bits per heavy atom. The van der Waals surface area contributed by atoms with E-state index < -0.39 is 0 Å². The van der Waals surface area contributed by atoms with Crippen LogP contribution < -0.4 is 0 Å². The molecule has 2 aliphatic carbocycles. The van der Waals surface area contributed by atoms with E-state index in [2.05, 4.69) is 23.8 Å². The topological polar surface area (TPSA) is 25.8 Å². The lowest BCUT2D eigenvalue weighted by Crippen LogP contribution is -2.26. The predicted octanol–water partition coefficient (Wildman–Crippen LogP) is 7.55. The molecule has 1 aromatic heterocycles. The molecular weight excluding hydrogens is 340 g/mol. The molecule has 0 N–H and O–H groups in total. The summed E-state index contributed by atoms with van der Waals surface area (Å²) >= 11 is 0. The average Bonchev–Trinajstić information content (AvgIpc) is 2.75.